The van der Waals surface area contributed by atoms with Gasteiger partial charge in [0.2, 0.25) is 0 Å². The van der Waals surface area contributed by atoms with Crippen molar-refractivity contribution >= 4 is 10.9 Å². The second kappa shape index (κ2) is 7.04. The van der Waals surface area contributed by atoms with Crippen LogP contribution in [-0.4, -0.2) is 15.0 Å². The van der Waals surface area contributed by atoms with Gasteiger partial charge in [-0.3, -0.25) is 15.0 Å². The molecular formula is C23H21N3. The molecule has 0 aliphatic heterocycles. The van der Waals surface area contributed by atoms with E-state index in [1.54, 1.807) is 0 Å². The Balaban J connectivity index is 1.67. The van der Waals surface area contributed by atoms with Gasteiger partial charge in [-0.15, -0.1) is 0 Å². The third-order valence-corrected chi connectivity index (χ3v) is 4.87. The minimum absolute atomic E-state index is 0.957. The van der Waals surface area contributed by atoms with Crippen molar-refractivity contribution in [2.24, 2.45) is 0 Å². The predicted molar refractivity (Wildman–Crippen MR) is 106 cm³/mol. The predicted octanol–water partition coefficient (Wildman–Crippen LogP) is 5.09. The lowest BCUT2D eigenvalue weighted by molar-refractivity contribution is 0.930. The van der Waals surface area contributed by atoms with Crippen LogP contribution < -0.4 is 0 Å². The molecule has 4 aromatic rings. The zero-order chi connectivity index (χ0) is 17.9. The van der Waals surface area contributed by atoms with Crippen LogP contribution in [0.2, 0.25) is 0 Å². The van der Waals surface area contributed by atoms with Gasteiger partial charge in [0.15, 0.2) is 0 Å². The third-order valence-electron chi connectivity index (χ3n) is 4.87. The number of aryl methyl sites for hydroxylation is 3. The summed E-state index contributed by atoms with van der Waals surface area (Å²) in [4.78, 5) is 13.3. The van der Waals surface area contributed by atoms with Gasteiger partial charge in [0.25, 0.3) is 0 Å². The first-order valence-corrected chi connectivity index (χ1v) is 8.90. The molecule has 0 spiro atoms. The normalized spacial score (nSPS) is 11.0. The highest BCUT2D eigenvalue weighted by atomic mass is 14.7. The molecule has 128 valence electrons. The van der Waals surface area contributed by atoms with E-state index in [9.17, 15) is 0 Å². The van der Waals surface area contributed by atoms with Gasteiger partial charge in [0.05, 0.1) is 5.52 Å². The first-order valence-electron chi connectivity index (χ1n) is 8.90. The van der Waals surface area contributed by atoms with Gasteiger partial charge in [-0.1, -0.05) is 17.7 Å². The van der Waals surface area contributed by atoms with Crippen LogP contribution in [0.3, 0.4) is 0 Å². The highest BCUT2D eigenvalue weighted by Crippen LogP contribution is 2.27. The molecule has 3 heterocycles. The molecule has 0 radical (unpaired) electrons. The van der Waals surface area contributed by atoms with Crippen molar-refractivity contribution in [2.75, 3.05) is 0 Å². The number of rotatable bonds is 4. The van der Waals surface area contributed by atoms with Gasteiger partial charge in [-0.05, 0) is 67.6 Å². The molecule has 0 saturated heterocycles. The standard InChI is InChI=1S/C23H21N3/c1-16-5-8-23-20(10-16)11-21(14-26-23)22-15-25-13-19(17(22)2)7-6-18-4-3-9-24-12-18/h3-5,8-15H,6-7H2,1-2H3. The summed E-state index contributed by atoms with van der Waals surface area (Å²) in [6.45, 7) is 4.29. The Bertz CT molecular complexity index is 1060. The Morgan fingerprint density at radius 1 is 0.846 bits per heavy atom. The fourth-order valence-corrected chi connectivity index (χ4v) is 3.33. The van der Waals surface area contributed by atoms with Crippen LogP contribution >= 0.6 is 0 Å². The first kappa shape index (κ1) is 16.4. The van der Waals surface area contributed by atoms with E-state index in [0.29, 0.717) is 0 Å². The summed E-state index contributed by atoms with van der Waals surface area (Å²) in [6.07, 6.45) is 11.5. The molecule has 1 aromatic carbocycles. The number of pyridine rings is 3. The van der Waals surface area contributed by atoms with Crippen molar-refractivity contribution in [3.05, 3.63) is 89.6 Å². The topological polar surface area (TPSA) is 38.7 Å². The van der Waals surface area contributed by atoms with Crippen LogP contribution in [0.15, 0.2) is 67.4 Å². The van der Waals surface area contributed by atoms with Crippen molar-refractivity contribution < 1.29 is 0 Å². The molecule has 0 fully saturated rings. The van der Waals surface area contributed by atoms with Crippen LogP contribution in [0.5, 0.6) is 0 Å². The summed E-state index contributed by atoms with van der Waals surface area (Å²) in [7, 11) is 0. The van der Waals surface area contributed by atoms with Crippen molar-refractivity contribution in [3.8, 4) is 11.1 Å². The average molecular weight is 339 g/mol. The van der Waals surface area contributed by atoms with Crippen LogP contribution in [0, 0.1) is 13.8 Å². The Morgan fingerprint density at radius 2 is 1.77 bits per heavy atom. The summed E-state index contributed by atoms with van der Waals surface area (Å²) in [5, 5.41) is 1.17. The molecule has 3 nitrogen and oxygen atoms in total. The summed E-state index contributed by atoms with van der Waals surface area (Å²) in [5.41, 5.74) is 8.35. The zero-order valence-electron chi connectivity index (χ0n) is 15.1. The van der Waals surface area contributed by atoms with Gasteiger partial charge in [0.1, 0.15) is 0 Å². The van der Waals surface area contributed by atoms with Crippen molar-refractivity contribution in [1.82, 2.24) is 15.0 Å². The number of hydrogen-bond acceptors (Lipinski definition) is 3. The molecule has 0 unspecified atom stereocenters. The van der Waals surface area contributed by atoms with E-state index in [-0.39, 0.29) is 0 Å². The molecule has 3 heteroatoms. The Kier molecular flexibility index (Phi) is 4.44. The number of aromatic nitrogens is 3. The summed E-state index contributed by atoms with van der Waals surface area (Å²) < 4.78 is 0. The van der Waals surface area contributed by atoms with Crippen LogP contribution in [0.25, 0.3) is 22.0 Å². The van der Waals surface area contributed by atoms with E-state index in [2.05, 4.69) is 59.1 Å². The van der Waals surface area contributed by atoms with Gasteiger partial charge in [-0.25, -0.2) is 0 Å². The van der Waals surface area contributed by atoms with E-state index >= 15 is 0 Å². The minimum atomic E-state index is 0.957. The van der Waals surface area contributed by atoms with E-state index < -0.39 is 0 Å². The average Bonchev–Trinajstić information content (AvgIpc) is 2.67. The van der Waals surface area contributed by atoms with Gasteiger partial charge < -0.3 is 0 Å². The van der Waals surface area contributed by atoms with Gasteiger partial charge in [-0.2, -0.15) is 0 Å². The fourth-order valence-electron chi connectivity index (χ4n) is 3.33. The van der Waals surface area contributed by atoms with E-state index in [4.69, 9.17) is 0 Å². The first-order chi connectivity index (χ1) is 12.7. The van der Waals surface area contributed by atoms with Crippen LogP contribution in [0.1, 0.15) is 22.3 Å². The molecule has 0 aliphatic carbocycles. The molecule has 0 N–H and O–H groups in total. The van der Waals surface area contributed by atoms with Crippen molar-refractivity contribution in [1.29, 1.82) is 0 Å². The Morgan fingerprint density at radius 3 is 2.62 bits per heavy atom. The van der Waals surface area contributed by atoms with Gasteiger partial charge in [0, 0.05) is 47.5 Å². The molecule has 3 aromatic heterocycles. The molecular weight excluding hydrogens is 318 g/mol. The largest absolute Gasteiger partial charge is 0.264 e. The van der Waals surface area contributed by atoms with Crippen LogP contribution in [-0.2, 0) is 12.8 Å². The SMILES string of the molecule is Cc1ccc2ncc(-c3cncc(CCc4cccnc4)c3C)cc2c1. The zero-order valence-corrected chi connectivity index (χ0v) is 15.1. The lowest BCUT2D eigenvalue weighted by atomic mass is 9.96. The Hall–Kier alpha value is -3.07. The van der Waals surface area contributed by atoms with Gasteiger partial charge >= 0.3 is 0 Å². The second-order valence-electron chi connectivity index (χ2n) is 6.75. The number of hydrogen-bond donors (Lipinski definition) is 0. The monoisotopic (exact) mass is 339 g/mol. The molecule has 0 saturated carbocycles. The van der Waals surface area contributed by atoms with Crippen molar-refractivity contribution in [3.63, 3.8) is 0 Å². The second-order valence-corrected chi connectivity index (χ2v) is 6.75. The summed E-state index contributed by atoms with van der Waals surface area (Å²) >= 11 is 0. The maximum absolute atomic E-state index is 4.63. The van der Waals surface area contributed by atoms with Crippen LogP contribution in [0.4, 0.5) is 0 Å². The Labute approximate surface area is 153 Å². The number of nitrogens with zero attached hydrogens (tertiary/aromatic N) is 3. The summed E-state index contributed by atoms with van der Waals surface area (Å²) in [5.74, 6) is 0. The lowest BCUT2D eigenvalue weighted by Crippen LogP contribution is -1.98. The molecule has 0 atom stereocenters. The maximum Gasteiger partial charge on any atom is 0.0702 e. The molecule has 4 rings (SSSR count). The van der Waals surface area contributed by atoms with E-state index in [1.807, 2.05) is 37.1 Å². The smallest absolute Gasteiger partial charge is 0.0702 e. The number of fused-ring (bicyclic) bond motifs is 1. The number of benzene rings is 1. The maximum atomic E-state index is 4.63. The molecule has 0 amide bonds. The minimum Gasteiger partial charge on any atom is -0.264 e. The summed E-state index contributed by atoms with van der Waals surface area (Å²) in [6, 6.07) is 12.7. The molecule has 0 aliphatic rings. The highest BCUT2D eigenvalue weighted by Gasteiger charge is 2.09. The van der Waals surface area contributed by atoms with Crippen molar-refractivity contribution in [2.45, 2.75) is 26.7 Å². The molecule has 0 bridgehead atoms. The fraction of sp³-hybridized carbons (Fsp3) is 0.174. The third kappa shape index (κ3) is 3.33. The lowest BCUT2D eigenvalue weighted by Gasteiger charge is -2.11. The van der Waals surface area contributed by atoms with E-state index in [0.717, 1.165) is 29.5 Å². The quantitative estimate of drug-likeness (QED) is 0.519. The van der Waals surface area contributed by atoms with E-state index in [1.165, 1.54) is 27.6 Å². The molecule has 26 heavy (non-hydrogen) atoms. The highest BCUT2D eigenvalue weighted by molar-refractivity contribution is 5.84.